The molecule has 0 atom stereocenters. The largest absolute Gasteiger partial charge is 0.497 e. The van der Waals surface area contributed by atoms with Gasteiger partial charge in [-0.3, -0.25) is 9.79 Å². The van der Waals surface area contributed by atoms with Crippen molar-refractivity contribution in [3.63, 3.8) is 0 Å². The molecule has 0 saturated carbocycles. The van der Waals surface area contributed by atoms with Crippen LogP contribution < -0.4 is 19.5 Å². The van der Waals surface area contributed by atoms with E-state index < -0.39 is 0 Å². The van der Waals surface area contributed by atoms with Crippen LogP contribution in [0.2, 0.25) is 0 Å². The first kappa shape index (κ1) is 20.9. The average molecular weight is 404 g/mol. The maximum Gasteiger partial charge on any atom is 0.262 e. The number of anilines is 1. The van der Waals surface area contributed by atoms with Crippen molar-refractivity contribution >= 4 is 23.5 Å². The van der Waals surface area contributed by atoms with Gasteiger partial charge in [-0.1, -0.05) is 18.2 Å². The number of benzene rings is 3. The van der Waals surface area contributed by atoms with Crippen LogP contribution in [0.5, 0.6) is 17.2 Å². The lowest BCUT2D eigenvalue weighted by Crippen LogP contribution is -2.20. The first-order valence-corrected chi connectivity index (χ1v) is 9.60. The summed E-state index contributed by atoms with van der Waals surface area (Å²) in [6.07, 6.45) is 1.75. The topological polar surface area (TPSA) is 69.1 Å². The Morgan fingerprint density at radius 1 is 0.967 bits per heavy atom. The first-order valence-electron chi connectivity index (χ1n) is 9.60. The van der Waals surface area contributed by atoms with Crippen LogP contribution in [0.1, 0.15) is 12.5 Å². The molecule has 0 aliphatic carbocycles. The van der Waals surface area contributed by atoms with Gasteiger partial charge in [-0.05, 0) is 67.1 Å². The molecule has 0 radical (unpaired) electrons. The monoisotopic (exact) mass is 404 g/mol. The minimum atomic E-state index is -0.242. The third-order valence-electron chi connectivity index (χ3n) is 4.12. The van der Waals surface area contributed by atoms with Crippen LogP contribution in [0.4, 0.5) is 11.4 Å². The van der Waals surface area contributed by atoms with Crippen molar-refractivity contribution in [2.75, 3.05) is 25.6 Å². The van der Waals surface area contributed by atoms with Gasteiger partial charge in [-0.25, -0.2) is 0 Å². The normalized spacial score (nSPS) is 10.6. The third-order valence-corrected chi connectivity index (χ3v) is 4.12. The summed E-state index contributed by atoms with van der Waals surface area (Å²) in [5, 5.41) is 2.79. The SMILES string of the molecule is CCOc1cc(C=Nc2ccc(OC)cc2)ccc1OCC(=O)Nc1ccccc1. The number of methoxy groups -OCH3 is 1. The molecule has 0 fully saturated rings. The van der Waals surface area contributed by atoms with Crippen LogP contribution in [-0.4, -0.2) is 32.4 Å². The fourth-order valence-corrected chi connectivity index (χ4v) is 2.67. The lowest BCUT2D eigenvalue weighted by atomic mass is 10.2. The Bertz CT molecular complexity index is 986. The zero-order valence-corrected chi connectivity index (χ0v) is 17.0. The molecule has 0 aliphatic heterocycles. The molecule has 1 N–H and O–H groups in total. The number of carbonyl (C=O) groups excluding carboxylic acids is 1. The Balaban J connectivity index is 1.65. The van der Waals surface area contributed by atoms with Crippen LogP contribution in [-0.2, 0) is 4.79 Å². The average Bonchev–Trinajstić information content (AvgIpc) is 2.78. The zero-order chi connectivity index (χ0) is 21.2. The molecule has 1 amide bonds. The molecule has 0 spiro atoms. The van der Waals surface area contributed by atoms with Gasteiger partial charge >= 0.3 is 0 Å². The van der Waals surface area contributed by atoms with Crippen molar-refractivity contribution in [1.82, 2.24) is 0 Å². The highest BCUT2D eigenvalue weighted by molar-refractivity contribution is 5.91. The molecule has 6 heteroatoms. The quantitative estimate of drug-likeness (QED) is 0.517. The molecule has 3 rings (SSSR count). The molecule has 3 aromatic rings. The summed E-state index contributed by atoms with van der Waals surface area (Å²) >= 11 is 0. The summed E-state index contributed by atoms with van der Waals surface area (Å²) in [7, 11) is 1.63. The molecule has 6 nitrogen and oxygen atoms in total. The second kappa shape index (κ2) is 10.7. The van der Waals surface area contributed by atoms with E-state index >= 15 is 0 Å². The molecule has 30 heavy (non-hydrogen) atoms. The standard InChI is InChI=1S/C24H24N2O4/c1-3-29-23-15-18(16-25-19-10-12-21(28-2)13-11-19)9-14-22(23)30-17-24(27)26-20-7-5-4-6-8-20/h4-16H,3,17H2,1-2H3,(H,26,27). The van der Waals surface area contributed by atoms with E-state index in [1.165, 1.54) is 0 Å². The zero-order valence-electron chi connectivity index (χ0n) is 17.0. The Morgan fingerprint density at radius 2 is 1.73 bits per heavy atom. The number of nitrogens with one attached hydrogen (secondary N) is 1. The number of hydrogen-bond donors (Lipinski definition) is 1. The van der Waals surface area contributed by atoms with Gasteiger partial charge in [-0.15, -0.1) is 0 Å². The maximum atomic E-state index is 12.1. The van der Waals surface area contributed by atoms with Crippen LogP contribution >= 0.6 is 0 Å². The van der Waals surface area contributed by atoms with E-state index in [0.29, 0.717) is 18.1 Å². The molecular weight excluding hydrogens is 380 g/mol. The number of rotatable bonds is 9. The second-order valence-corrected chi connectivity index (χ2v) is 6.30. The maximum absolute atomic E-state index is 12.1. The van der Waals surface area contributed by atoms with E-state index in [2.05, 4.69) is 10.3 Å². The molecule has 0 unspecified atom stereocenters. The predicted molar refractivity (Wildman–Crippen MR) is 118 cm³/mol. The van der Waals surface area contributed by atoms with Gasteiger partial charge in [-0.2, -0.15) is 0 Å². The summed E-state index contributed by atoms with van der Waals surface area (Å²) in [5.74, 6) is 1.60. The molecule has 0 bridgehead atoms. The summed E-state index contributed by atoms with van der Waals surface area (Å²) < 4.78 is 16.5. The Hall–Kier alpha value is -3.80. The minimum absolute atomic E-state index is 0.117. The fraction of sp³-hybridized carbons (Fsp3) is 0.167. The van der Waals surface area contributed by atoms with E-state index in [4.69, 9.17) is 14.2 Å². The van der Waals surface area contributed by atoms with E-state index in [0.717, 1.165) is 22.7 Å². The summed E-state index contributed by atoms with van der Waals surface area (Å²) in [5.41, 5.74) is 2.39. The Kier molecular flexibility index (Phi) is 7.44. The summed E-state index contributed by atoms with van der Waals surface area (Å²) in [6.45, 7) is 2.25. The summed E-state index contributed by atoms with van der Waals surface area (Å²) in [4.78, 5) is 16.6. The van der Waals surface area contributed by atoms with Crippen LogP contribution in [0.3, 0.4) is 0 Å². The Morgan fingerprint density at radius 3 is 2.43 bits per heavy atom. The third kappa shape index (κ3) is 6.10. The number of amides is 1. The van der Waals surface area contributed by atoms with Gasteiger partial charge in [0.2, 0.25) is 0 Å². The van der Waals surface area contributed by atoms with Crippen molar-refractivity contribution in [3.05, 3.63) is 78.4 Å². The molecule has 154 valence electrons. The van der Waals surface area contributed by atoms with Crippen LogP contribution in [0.25, 0.3) is 0 Å². The van der Waals surface area contributed by atoms with Crippen molar-refractivity contribution in [3.8, 4) is 17.2 Å². The van der Waals surface area contributed by atoms with Gasteiger partial charge in [0, 0.05) is 11.9 Å². The number of carbonyl (C=O) groups is 1. The van der Waals surface area contributed by atoms with Crippen LogP contribution in [0, 0.1) is 0 Å². The highest BCUT2D eigenvalue weighted by Gasteiger charge is 2.09. The number of nitrogens with zero attached hydrogens (tertiary/aromatic N) is 1. The van der Waals surface area contributed by atoms with Crippen LogP contribution in [0.15, 0.2) is 77.8 Å². The van der Waals surface area contributed by atoms with Crippen molar-refractivity contribution in [2.45, 2.75) is 6.92 Å². The van der Waals surface area contributed by atoms with Crippen molar-refractivity contribution in [2.24, 2.45) is 4.99 Å². The van der Waals surface area contributed by atoms with Gasteiger partial charge in [0.15, 0.2) is 18.1 Å². The van der Waals surface area contributed by atoms with E-state index in [9.17, 15) is 4.79 Å². The van der Waals surface area contributed by atoms with E-state index in [1.807, 2.05) is 73.7 Å². The number of hydrogen-bond acceptors (Lipinski definition) is 5. The summed E-state index contributed by atoms with van der Waals surface area (Å²) in [6, 6.07) is 22.2. The smallest absolute Gasteiger partial charge is 0.262 e. The highest BCUT2D eigenvalue weighted by atomic mass is 16.5. The number of ether oxygens (including phenoxy) is 3. The molecule has 0 aromatic heterocycles. The van der Waals surface area contributed by atoms with Gasteiger partial charge in [0.1, 0.15) is 5.75 Å². The van der Waals surface area contributed by atoms with Crippen molar-refractivity contribution < 1.29 is 19.0 Å². The first-order chi connectivity index (χ1) is 14.7. The number of aliphatic imine (C=N–C) groups is 1. The molecule has 3 aromatic carbocycles. The Labute approximate surface area is 176 Å². The fourth-order valence-electron chi connectivity index (χ4n) is 2.67. The lowest BCUT2D eigenvalue weighted by molar-refractivity contribution is -0.118. The molecule has 0 aliphatic rings. The predicted octanol–water partition coefficient (Wildman–Crippen LogP) is 4.86. The molecule has 0 heterocycles. The molecule has 0 saturated heterocycles. The van der Waals surface area contributed by atoms with E-state index in [-0.39, 0.29) is 12.5 Å². The molecular formula is C24H24N2O4. The van der Waals surface area contributed by atoms with Crippen molar-refractivity contribution in [1.29, 1.82) is 0 Å². The lowest BCUT2D eigenvalue weighted by Gasteiger charge is -2.12. The van der Waals surface area contributed by atoms with Gasteiger partial charge in [0.25, 0.3) is 5.91 Å². The van der Waals surface area contributed by atoms with E-state index in [1.54, 1.807) is 19.4 Å². The minimum Gasteiger partial charge on any atom is -0.497 e. The number of para-hydroxylation sites is 1. The van der Waals surface area contributed by atoms with Gasteiger partial charge < -0.3 is 19.5 Å². The highest BCUT2D eigenvalue weighted by Crippen LogP contribution is 2.28. The second-order valence-electron chi connectivity index (χ2n) is 6.30. The van der Waals surface area contributed by atoms with Gasteiger partial charge in [0.05, 0.1) is 19.4 Å².